The van der Waals surface area contributed by atoms with Crippen LogP contribution in [0.25, 0.3) is 0 Å². The molecule has 0 atom stereocenters. The summed E-state index contributed by atoms with van der Waals surface area (Å²) in [5, 5.41) is 14.6. The number of hydrogen-bond acceptors (Lipinski definition) is 4. The third kappa shape index (κ3) is 2.54. The lowest BCUT2D eigenvalue weighted by atomic mass is 10.1. The summed E-state index contributed by atoms with van der Waals surface area (Å²) in [7, 11) is 1.91. The summed E-state index contributed by atoms with van der Waals surface area (Å²) >= 11 is 0. The molecule has 3 rings (SSSR count). The van der Waals surface area contributed by atoms with Gasteiger partial charge in [0.25, 0.3) is 5.69 Å². The highest BCUT2D eigenvalue weighted by Crippen LogP contribution is 2.39. The van der Waals surface area contributed by atoms with Gasteiger partial charge in [-0.1, -0.05) is 30.3 Å². The van der Waals surface area contributed by atoms with Gasteiger partial charge in [-0.3, -0.25) is 10.1 Å². The van der Waals surface area contributed by atoms with Crippen LogP contribution in [0.1, 0.15) is 11.1 Å². The summed E-state index contributed by atoms with van der Waals surface area (Å²) in [4.78, 5) is 13.0. The fourth-order valence-corrected chi connectivity index (χ4v) is 2.87. The minimum absolute atomic E-state index is 0.177. The summed E-state index contributed by atoms with van der Waals surface area (Å²) in [6, 6.07) is 13.4. The number of hydrogen-bond donors (Lipinski definition) is 1. The van der Waals surface area contributed by atoms with E-state index in [1.54, 1.807) is 12.1 Å². The van der Waals surface area contributed by atoms with E-state index in [0.717, 1.165) is 35.5 Å². The van der Waals surface area contributed by atoms with Gasteiger partial charge in [-0.2, -0.15) is 0 Å². The van der Waals surface area contributed by atoms with Crippen LogP contribution in [0.4, 0.5) is 17.1 Å². The van der Waals surface area contributed by atoms with Crippen molar-refractivity contribution in [3.05, 3.63) is 63.7 Å². The maximum Gasteiger partial charge on any atom is 0.292 e. The van der Waals surface area contributed by atoms with Gasteiger partial charge in [0.1, 0.15) is 5.69 Å². The number of benzene rings is 2. The van der Waals surface area contributed by atoms with Gasteiger partial charge in [0.05, 0.1) is 4.92 Å². The Kier molecular flexibility index (Phi) is 3.48. The molecule has 1 aliphatic rings. The molecule has 21 heavy (non-hydrogen) atoms. The molecule has 0 bridgehead atoms. The molecule has 0 aliphatic carbocycles. The van der Waals surface area contributed by atoms with Crippen LogP contribution in [-0.4, -0.2) is 18.5 Å². The van der Waals surface area contributed by atoms with Crippen molar-refractivity contribution in [2.24, 2.45) is 0 Å². The SMILES string of the molecule is CN(Cc1ccccc1)c1c([N+](=O)[O-])ccc2c1CCN2. The predicted octanol–water partition coefficient (Wildman–Crippen LogP) is 3.20. The summed E-state index contributed by atoms with van der Waals surface area (Å²) in [6.45, 7) is 1.49. The summed E-state index contributed by atoms with van der Waals surface area (Å²) in [5.74, 6) is 0. The van der Waals surface area contributed by atoms with Crippen LogP contribution in [0.3, 0.4) is 0 Å². The molecule has 0 amide bonds. The van der Waals surface area contributed by atoms with Gasteiger partial charge in [-0.15, -0.1) is 0 Å². The molecule has 2 aromatic carbocycles. The number of nitrogens with one attached hydrogen (secondary N) is 1. The van der Waals surface area contributed by atoms with Crippen molar-refractivity contribution in [1.29, 1.82) is 0 Å². The van der Waals surface area contributed by atoms with Crippen molar-refractivity contribution >= 4 is 17.1 Å². The lowest BCUT2D eigenvalue weighted by Gasteiger charge is -2.22. The Hall–Kier alpha value is -2.56. The van der Waals surface area contributed by atoms with E-state index >= 15 is 0 Å². The molecule has 0 unspecified atom stereocenters. The number of nitro groups is 1. The Morgan fingerprint density at radius 3 is 2.71 bits per heavy atom. The highest BCUT2D eigenvalue weighted by Gasteiger charge is 2.26. The lowest BCUT2D eigenvalue weighted by Crippen LogP contribution is -2.19. The molecular weight excluding hydrogens is 266 g/mol. The highest BCUT2D eigenvalue weighted by atomic mass is 16.6. The molecule has 0 saturated carbocycles. The molecule has 0 fully saturated rings. The lowest BCUT2D eigenvalue weighted by molar-refractivity contribution is -0.384. The first-order chi connectivity index (χ1) is 10.2. The summed E-state index contributed by atoms with van der Waals surface area (Å²) in [6.07, 6.45) is 0.825. The third-order valence-electron chi connectivity index (χ3n) is 3.79. The van der Waals surface area contributed by atoms with Gasteiger partial charge in [-0.25, -0.2) is 0 Å². The Morgan fingerprint density at radius 2 is 2.00 bits per heavy atom. The molecule has 0 radical (unpaired) electrons. The molecule has 1 aliphatic heterocycles. The molecule has 0 aromatic heterocycles. The second-order valence-corrected chi connectivity index (χ2v) is 5.23. The van der Waals surface area contributed by atoms with E-state index in [-0.39, 0.29) is 10.6 Å². The smallest absolute Gasteiger partial charge is 0.292 e. The van der Waals surface area contributed by atoms with Crippen molar-refractivity contribution in [1.82, 2.24) is 0 Å². The Bertz CT molecular complexity index is 671. The minimum atomic E-state index is -0.296. The van der Waals surface area contributed by atoms with E-state index in [4.69, 9.17) is 0 Å². The fourth-order valence-electron chi connectivity index (χ4n) is 2.87. The fraction of sp³-hybridized carbons (Fsp3) is 0.250. The molecule has 0 saturated heterocycles. The standard InChI is InChI=1S/C16H17N3O2/c1-18(11-12-5-3-2-4-6-12)16-13-9-10-17-14(13)7-8-15(16)19(20)21/h2-8,17H,9-11H2,1H3. The molecule has 2 aromatic rings. The van der Waals surface area contributed by atoms with Crippen LogP contribution in [0.5, 0.6) is 0 Å². The van der Waals surface area contributed by atoms with Crippen molar-refractivity contribution < 1.29 is 4.92 Å². The second kappa shape index (κ2) is 5.44. The Labute approximate surface area is 123 Å². The number of anilines is 2. The van der Waals surface area contributed by atoms with Crippen LogP contribution < -0.4 is 10.2 Å². The average molecular weight is 283 g/mol. The van der Waals surface area contributed by atoms with Crippen LogP contribution in [0, 0.1) is 10.1 Å². The second-order valence-electron chi connectivity index (χ2n) is 5.23. The molecular formula is C16H17N3O2. The first-order valence-corrected chi connectivity index (χ1v) is 6.96. The van der Waals surface area contributed by atoms with E-state index in [0.29, 0.717) is 6.54 Å². The van der Waals surface area contributed by atoms with E-state index in [1.807, 2.05) is 42.3 Å². The molecule has 1 heterocycles. The number of fused-ring (bicyclic) bond motifs is 1. The number of rotatable bonds is 4. The largest absolute Gasteiger partial charge is 0.384 e. The van der Waals surface area contributed by atoms with E-state index in [2.05, 4.69) is 5.32 Å². The van der Waals surface area contributed by atoms with Gasteiger partial charge in [-0.05, 0) is 18.1 Å². The van der Waals surface area contributed by atoms with Crippen molar-refractivity contribution in [3.8, 4) is 0 Å². The molecule has 1 N–H and O–H groups in total. The first-order valence-electron chi connectivity index (χ1n) is 6.96. The highest BCUT2D eigenvalue weighted by molar-refractivity contribution is 5.77. The monoisotopic (exact) mass is 283 g/mol. The Morgan fingerprint density at radius 1 is 1.24 bits per heavy atom. The van der Waals surface area contributed by atoms with E-state index in [1.165, 1.54) is 0 Å². The average Bonchev–Trinajstić information content (AvgIpc) is 2.95. The van der Waals surface area contributed by atoms with Crippen LogP contribution in [-0.2, 0) is 13.0 Å². The van der Waals surface area contributed by atoms with E-state index in [9.17, 15) is 10.1 Å². The van der Waals surface area contributed by atoms with Gasteiger partial charge in [0.15, 0.2) is 0 Å². The maximum atomic E-state index is 11.3. The molecule has 0 spiro atoms. The zero-order valence-corrected chi connectivity index (χ0v) is 11.9. The van der Waals surface area contributed by atoms with Gasteiger partial charge >= 0.3 is 0 Å². The number of nitrogens with zero attached hydrogens (tertiary/aromatic N) is 2. The minimum Gasteiger partial charge on any atom is -0.384 e. The van der Waals surface area contributed by atoms with Gasteiger partial charge in [0.2, 0.25) is 0 Å². The van der Waals surface area contributed by atoms with E-state index < -0.39 is 0 Å². The van der Waals surface area contributed by atoms with Gasteiger partial charge in [0, 0.05) is 37.5 Å². The topological polar surface area (TPSA) is 58.4 Å². The summed E-state index contributed by atoms with van der Waals surface area (Å²) < 4.78 is 0. The normalized spacial score (nSPS) is 12.6. The van der Waals surface area contributed by atoms with Crippen LogP contribution >= 0.6 is 0 Å². The zero-order valence-electron chi connectivity index (χ0n) is 11.9. The molecule has 5 nitrogen and oxygen atoms in total. The van der Waals surface area contributed by atoms with Crippen molar-refractivity contribution in [2.45, 2.75) is 13.0 Å². The zero-order chi connectivity index (χ0) is 14.8. The van der Waals surface area contributed by atoms with Crippen LogP contribution in [0.15, 0.2) is 42.5 Å². The van der Waals surface area contributed by atoms with Crippen molar-refractivity contribution in [2.75, 3.05) is 23.8 Å². The first kappa shape index (κ1) is 13.4. The maximum absolute atomic E-state index is 11.3. The summed E-state index contributed by atoms with van der Waals surface area (Å²) in [5.41, 5.74) is 4.10. The van der Waals surface area contributed by atoms with Crippen molar-refractivity contribution in [3.63, 3.8) is 0 Å². The van der Waals surface area contributed by atoms with Crippen LogP contribution in [0.2, 0.25) is 0 Å². The third-order valence-corrected chi connectivity index (χ3v) is 3.79. The predicted molar refractivity (Wildman–Crippen MR) is 83.8 cm³/mol. The quantitative estimate of drug-likeness (QED) is 0.691. The molecule has 108 valence electrons. The molecule has 5 heteroatoms. The Balaban J connectivity index is 2.00. The van der Waals surface area contributed by atoms with Gasteiger partial charge < -0.3 is 10.2 Å². The number of nitro benzene ring substituents is 1.